The molecule has 18 heavy (non-hydrogen) atoms. The molecule has 0 aromatic heterocycles. The third-order valence-corrected chi connectivity index (χ3v) is 2.44. The van der Waals surface area contributed by atoms with Crippen LogP contribution in [0.3, 0.4) is 0 Å². The number of rotatable bonds is 5. The number of carbonyl (C=O) groups is 2. The zero-order chi connectivity index (χ0) is 13.7. The van der Waals surface area contributed by atoms with Gasteiger partial charge in [-0.05, 0) is 30.5 Å². The highest BCUT2D eigenvalue weighted by Crippen LogP contribution is 2.07. The summed E-state index contributed by atoms with van der Waals surface area (Å²) < 4.78 is 13.0. The molecule has 4 nitrogen and oxygen atoms in total. The first-order chi connectivity index (χ1) is 8.40. The molecule has 98 valence electrons. The Balaban J connectivity index is 2.75. The molecule has 0 bridgehead atoms. The van der Waals surface area contributed by atoms with Crippen LogP contribution in [0.5, 0.6) is 0 Å². The summed E-state index contributed by atoms with van der Waals surface area (Å²) in [6.45, 7) is 3.84. The second-order valence-electron chi connectivity index (χ2n) is 4.57. The zero-order valence-electron chi connectivity index (χ0n) is 10.4. The van der Waals surface area contributed by atoms with Crippen LogP contribution in [0.25, 0.3) is 0 Å². The van der Waals surface area contributed by atoms with Gasteiger partial charge in [-0.1, -0.05) is 19.9 Å². The summed E-state index contributed by atoms with van der Waals surface area (Å²) in [5.74, 6) is -1.37. The molecule has 0 saturated heterocycles. The maximum atomic E-state index is 13.0. The van der Waals surface area contributed by atoms with Crippen LogP contribution in [0.15, 0.2) is 24.3 Å². The molecule has 0 saturated carbocycles. The predicted molar refractivity (Wildman–Crippen MR) is 66.3 cm³/mol. The molecule has 1 aromatic rings. The third-order valence-electron chi connectivity index (χ3n) is 2.44. The number of hydrogen-bond acceptors (Lipinski definition) is 2. The number of amides is 2. The summed E-state index contributed by atoms with van der Waals surface area (Å²) in [7, 11) is 0. The zero-order valence-corrected chi connectivity index (χ0v) is 10.4. The summed E-state index contributed by atoms with van der Waals surface area (Å²) in [6, 6.07) is 4.54. The largest absolute Gasteiger partial charge is 0.368 e. The topological polar surface area (TPSA) is 72.2 Å². The van der Waals surface area contributed by atoms with Gasteiger partial charge in [0.05, 0.1) is 0 Å². The van der Waals surface area contributed by atoms with Crippen molar-refractivity contribution in [3.8, 4) is 0 Å². The molecule has 3 N–H and O–H groups in total. The van der Waals surface area contributed by atoms with E-state index in [0.717, 1.165) is 6.07 Å². The smallest absolute Gasteiger partial charge is 0.252 e. The highest BCUT2D eigenvalue weighted by molar-refractivity contribution is 5.97. The fourth-order valence-electron chi connectivity index (χ4n) is 1.59. The minimum absolute atomic E-state index is 0.171. The monoisotopic (exact) mass is 252 g/mol. The van der Waals surface area contributed by atoms with Crippen LogP contribution in [-0.2, 0) is 4.79 Å². The lowest BCUT2D eigenvalue weighted by molar-refractivity contribution is -0.120. The number of nitrogens with one attached hydrogen (secondary N) is 1. The maximum absolute atomic E-state index is 13.0. The Morgan fingerprint density at radius 3 is 2.56 bits per heavy atom. The summed E-state index contributed by atoms with van der Waals surface area (Å²) in [5.41, 5.74) is 5.38. The molecule has 0 heterocycles. The van der Waals surface area contributed by atoms with E-state index in [9.17, 15) is 14.0 Å². The molecule has 1 atom stereocenters. The lowest BCUT2D eigenvalue weighted by atomic mass is 10.0. The Bertz CT molecular complexity index is 446. The van der Waals surface area contributed by atoms with Crippen molar-refractivity contribution < 1.29 is 14.0 Å². The molecule has 0 aliphatic rings. The van der Waals surface area contributed by atoms with Gasteiger partial charge in [0.2, 0.25) is 5.91 Å². The van der Waals surface area contributed by atoms with Crippen LogP contribution in [0, 0.1) is 11.7 Å². The van der Waals surface area contributed by atoms with Gasteiger partial charge in [0, 0.05) is 5.56 Å². The average Bonchev–Trinajstić information content (AvgIpc) is 2.27. The Hall–Kier alpha value is -1.91. The van der Waals surface area contributed by atoms with Gasteiger partial charge in [-0.25, -0.2) is 4.39 Å². The number of primary amides is 1. The predicted octanol–water partition coefficient (Wildman–Crippen LogP) is 1.46. The van der Waals surface area contributed by atoms with E-state index in [4.69, 9.17) is 5.73 Å². The highest BCUT2D eigenvalue weighted by atomic mass is 19.1. The normalized spacial score (nSPS) is 12.2. The summed E-state index contributed by atoms with van der Waals surface area (Å²) in [5, 5.41) is 2.51. The molecular weight excluding hydrogens is 235 g/mol. The molecule has 0 unspecified atom stereocenters. The fourth-order valence-corrected chi connectivity index (χ4v) is 1.59. The molecule has 0 fully saturated rings. The summed E-state index contributed by atoms with van der Waals surface area (Å²) in [6.07, 6.45) is 0.455. The van der Waals surface area contributed by atoms with Crippen molar-refractivity contribution in [3.63, 3.8) is 0 Å². The van der Waals surface area contributed by atoms with Gasteiger partial charge in [-0.15, -0.1) is 0 Å². The van der Waals surface area contributed by atoms with Crippen LogP contribution in [0.1, 0.15) is 30.6 Å². The Morgan fingerprint density at radius 2 is 2.06 bits per heavy atom. The van der Waals surface area contributed by atoms with Crippen molar-refractivity contribution in [1.82, 2.24) is 5.32 Å². The second-order valence-corrected chi connectivity index (χ2v) is 4.57. The van der Waals surface area contributed by atoms with E-state index in [1.165, 1.54) is 18.2 Å². The third kappa shape index (κ3) is 4.16. The van der Waals surface area contributed by atoms with Crippen molar-refractivity contribution in [2.24, 2.45) is 11.7 Å². The molecule has 0 spiro atoms. The van der Waals surface area contributed by atoms with Crippen molar-refractivity contribution >= 4 is 11.8 Å². The molecule has 2 amide bonds. The maximum Gasteiger partial charge on any atom is 0.252 e. The van der Waals surface area contributed by atoms with Crippen molar-refractivity contribution in [3.05, 3.63) is 35.6 Å². The molecule has 1 aromatic carbocycles. The van der Waals surface area contributed by atoms with E-state index >= 15 is 0 Å². The first-order valence-corrected chi connectivity index (χ1v) is 5.76. The minimum atomic E-state index is -0.735. The summed E-state index contributed by atoms with van der Waals surface area (Å²) >= 11 is 0. The van der Waals surface area contributed by atoms with Crippen LogP contribution in [0.4, 0.5) is 4.39 Å². The van der Waals surface area contributed by atoms with Gasteiger partial charge in [-0.3, -0.25) is 9.59 Å². The molecular formula is C13H17FN2O2. The van der Waals surface area contributed by atoms with Gasteiger partial charge < -0.3 is 11.1 Å². The first kappa shape index (κ1) is 14.2. The van der Waals surface area contributed by atoms with Gasteiger partial charge in [0.15, 0.2) is 0 Å². The lowest BCUT2D eigenvalue weighted by Crippen LogP contribution is -2.45. The van der Waals surface area contributed by atoms with Gasteiger partial charge in [0.25, 0.3) is 5.91 Å². The van der Waals surface area contributed by atoms with Crippen LogP contribution in [0.2, 0.25) is 0 Å². The number of hydrogen-bond donors (Lipinski definition) is 2. The average molecular weight is 252 g/mol. The number of benzene rings is 1. The van der Waals surface area contributed by atoms with Crippen molar-refractivity contribution in [2.75, 3.05) is 0 Å². The van der Waals surface area contributed by atoms with Gasteiger partial charge >= 0.3 is 0 Å². The van der Waals surface area contributed by atoms with E-state index in [-0.39, 0.29) is 11.5 Å². The Kier molecular flexibility index (Phi) is 4.83. The molecule has 0 radical (unpaired) electrons. The van der Waals surface area contributed by atoms with Gasteiger partial charge in [0.1, 0.15) is 11.9 Å². The molecule has 5 heteroatoms. The fraction of sp³-hybridized carbons (Fsp3) is 0.385. The van der Waals surface area contributed by atoms with Gasteiger partial charge in [-0.2, -0.15) is 0 Å². The van der Waals surface area contributed by atoms with Crippen molar-refractivity contribution in [1.29, 1.82) is 0 Å². The van der Waals surface area contributed by atoms with E-state index < -0.39 is 23.7 Å². The van der Waals surface area contributed by atoms with Crippen LogP contribution < -0.4 is 11.1 Å². The molecule has 0 aliphatic heterocycles. The van der Waals surface area contributed by atoms with E-state index in [2.05, 4.69) is 5.32 Å². The van der Waals surface area contributed by atoms with Crippen molar-refractivity contribution in [2.45, 2.75) is 26.3 Å². The Morgan fingerprint density at radius 1 is 1.39 bits per heavy atom. The standard InChI is InChI=1S/C13H17FN2O2/c1-8(2)6-11(12(15)17)16-13(18)9-4-3-5-10(14)7-9/h3-5,7-8,11H,6H2,1-2H3,(H2,15,17)(H,16,18)/t11-/m1/s1. The Labute approximate surface area is 105 Å². The minimum Gasteiger partial charge on any atom is -0.368 e. The number of nitrogens with two attached hydrogens (primary N) is 1. The number of halogens is 1. The quantitative estimate of drug-likeness (QED) is 0.832. The molecule has 1 rings (SSSR count). The molecule has 0 aliphatic carbocycles. The van der Waals surface area contributed by atoms with Crippen LogP contribution >= 0.6 is 0 Å². The second kappa shape index (κ2) is 6.14. The number of carbonyl (C=O) groups excluding carboxylic acids is 2. The van der Waals surface area contributed by atoms with E-state index in [1.807, 2.05) is 13.8 Å². The van der Waals surface area contributed by atoms with E-state index in [1.54, 1.807) is 0 Å². The van der Waals surface area contributed by atoms with E-state index in [0.29, 0.717) is 6.42 Å². The highest BCUT2D eigenvalue weighted by Gasteiger charge is 2.20. The SMILES string of the molecule is CC(C)C[C@@H](NC(=O)c1cccc(F)c1)C(N)=O. The summed E-state index contributed by atoms with van der Waals surface area (Å²) in [4.78, 5) is 23.0. The first-order valence-electron chi connectivity index (χ1n) is 5.76. The lowest BCUT2D eigenvalue weighted by Gasteiger charge is -2.17. The van der Waals surface area contributed by atoms with Crippen LogP contribution in [-0.4, -0.2) is 17.9 Å².